The Morgan fingerprint density at radius 1 is 1.04 bits per heavy atom. The third-order valence-corrected chi connectivity index (χ3v) is 7.48. The topological polar surface area (TPSA) is 149 Å². The lowest BCUT2D eigenvalue weighted by atomic mass is 9.95. The minimum atomic E-state index is -1.17. The molecule has 0 bridgehead atoms. The number of carbonyl (C=O) groups is 2. The number of aliphatic hydroxyl groups is 1. The SMILES string of the molecule is C=CCc1cc(/C=N\N[C@H](O)COc2ccc([C@H]3NC(=O)NC(C)=C3C(=O)OC)cc2OCC)cc(OCC)c1OCc1ccc(Cl)cc1. The summed E-state index contributed by atoms with van der Waals surface area (Å²) in [7, 11) is 1.27. The Hall–Kier alpha value is -5.20. The van der Waals surface area contributed by atoms with E-state index in [1.54, 1.807) is 37.4 Å². The van der Waals surface area contributed by atoms with Gasteiger partial charge in [-0.15, -0.1) is 6.58 Å². The predicted molar refractivity (Wildman–Crippen MR) is 186 cm³/mol. The van der Waals surface area contributed by atoms with E-state index in [4.69, 9.17) is 35.3 Å². The number of esters is 1. The van der Waals surface area contributed by atoms with Gasteiger partial charge in [0, 0.05) is 16.3 Å². The monoisotopic (exact) mass is 692 g/mol. The first-order valence-corrected chi connectivity index (χ1v) is 16.1. The summed E-state index contributed by atoms with van der Waals surface area (Å²) < 4.78 is 28.7. The van der Waals surface area contributed by atoms with E-state index in [0.717, 1.165) is 16.7 Å². The van der Waals surface area contributed by atoms with Gasteiger partial charge in [-0.3, -0.25) is 5.43 Å². The number of halogens is 1. The van der Waals surface area contributed by atoms with Gasteiger partial charge in [-0.25, -0.2) is 9.59 Å². The van der Waals surface area contributed by atoms with E-state index in [0.29, 0.717) is 65.5 Å². The lowest BCUT2D eigenvalue weighted by Crippen LogP contribution is -2.45. The molecule has 0 unspecified atom stereocenters. The zero-order valence-corrected chi connectivity index (χ0v) is 28.6. The van der Waals surface area contributed by atoms with Crippen LogP contribution in [-0.4, -0.2) is 56.5 Å². The van der Waals surface area contributed by atoms with Gasteiger partial charge in [-0.1, -0.05) is 35.9 Å². The minimum absolute atomic E-state index is 0.170. The second-order valence-electron chi connectivity index (χ2n) is 10.8. The number of amides is 2. The van der Waals surface area contributed by atoms with Gasteiger partial charge in [-0.05, 0) is 80.3 Å². The average molecular weight is 693 g/mol. The number of methoxy groups -OCH3 is 1. The number of urea groups is 1. The summed E-state index contributed by atoms with van der Waals surface area (Å²) in [5.74, 6) is 1.30. The van der Waals surface area contributed by atoms with Crippen LogP contribution in [0.25, 0.3) is 0 Å². The van der Waals surface area contributed by atoms with Crippen molar-refractivity contribution in [1.29, 1.82) is 0 Å². The molecule has 0 saturated heterocycles. The Morgan fingerprint density at radius 2 is 1.78 bits per heavy atom. The minimum Gasteiger partial charge on any atom is -0.490 e. The number of hydrogen-bond acceptors (Lipinski definition) is 10. The standard InChI is InChI=1S/C36H41ClN4O8/c1-6-9-26-16-24(17-30(47-8-3)34(26)49-20-23-10-13-27(37)14-11-23)19-38-41-31(42)21-48-28-15-12-25(18-29(28)46-7-2)33-32(35(43)45-5)22(4)39-36(44)40-33/h6,10-19,31,33,41-42H,1,7-9,20-21H2,2-5H3,(H2,39,40,44)/b38-19-/t31-,33-/m1/s1. The van der Waals surface area contributed by atoms with Gasteiger partial charge in [0.05, 0.1) is 38.2 Å². The summed E-state index contributed by atoms with van der Waals surface area (Å²) in [6.07, 6.45) is 2.70. The maximum absolute atomic E-state index is 12.5. The molecule has 0 saturated carbocycles. The molecule has 1 aliphatic rings. The Bertz CT molecular complexity index is 1690. The first kappa shape index (κ1) is 36.6. The maximum Gasteiger partial charge on any atom is 0.337 e. The third-order valence-electron chi connectivity index (χ3n) is 7.22. The first-order valence-electron chi connectivity index (χ1n) is 15.7. The Balaban J connectivity index is 1.44. The molecule has 1 aliphatic heterocycles. The predicted octanol–water partition coefficient (Wildman–Crippen LogP) is 5.57. The summed E-state index contributed by atoms with van der Waals surface area (Å²) >= 11 is 6.01. The number of ether oxygens (including phenoxy) is 5. The number of benzene rings is 3. The number of hydrazone groups is 1. The van der Waals surface area contributed by atoms with Crippen molar-refractivity contribution in [3.8, 4) is 23.0 Å². The van der Waals surface area contributed by atoms with Crippen LogP contribution in [0.3, 0.4) is 0 Å². The van der Waals surface area contributed by atoms with Crippen LogP contribution in [0.4, 0.5) is 4.79 Å². The second-order valence-corrected chi connectivity index (χ2v) is 11.2. The molecule has 13 heteroatoms. The molecule has 0 fully saturated rings. The number of carbonyl (C=O) groups excluding carboxylic acids is 2. The molecule has 0 aliphatic carbocycles. The van der Waals surface area contributed by atoms with Gasteiger partial charge in [0.1, 0.15) is 13.2 Å². The van der Waals surface area contributed by atoms with Crippen molar-refractivity contribution in [3.05, 3.63) is 106 Å². The van der Waals surface area contributed by atoms with E-state index in [1.807, 2.05) is 50.2 Å². The molecule has 4 N–H and O–H groups in total. The van der Waals surface area contributed by atoms with Crippen molar-refractivity contribution in [1.82, 2.24) is 16.1 Å². The van der Waals surface area contributed by atoms with Gasteiger partial charge >= 0.3 is 12.0 Å². The molecule has 260 valence electrons. The molecule has 2 amide bonds. The van der Waals surface area contributed by atoms with E-state index in [9.17, 15) is 14.7 Å². The number of allylic oxidation sites excluding steroid dienone is 2. The molecular weight excluding hydrogens is 652 g/mol. The van der Waals surface area contributed by atoms with Gasteiger partial charge in [0.25, 0.3) is 0 Å². The Labute approximate surface area is 290 Å². The number of nitrogens with one attached hydrogen (secondary N) is 3. The summed E-state index contributed by atoms with van der Waals surface area (Å²) in [6.45, 7) is 10.1. The molecule has 3 aromatic rings. The molecular formula is C36H41ClN4O8. The van der Waals surface area contributed by atoms with E-state index in [1.165, 1.54) is 7.11 Å². The fourth-order valence-corrected chi connectivity index (χ4v) is 5.17. The van der Waals surface area contributed by atoms with Gasteiger partial charge in [0.2, 0.25) is 0 Å². The molecule has 0 spiro atoms. The normalized spacial score (nSPS) is 14.8. The second kappa shape index (κ2) is 17.8. The highest BCUT2D eigenvalue weighted by Crippen LogP contribution is 2.36. The molecule has 1 heterocycles. The Kier molecular flexibility index (Phi) is 13.3. The molecule has 0 radical (unpaired) electrons. The van der Waals surface area contributed by atoms with Crippen LogP contribution >= 0.6 is 11.6 Å². The molecule has 3 aromatic carbocycles. The molecule has 2 atom stereocenters. The van der Waals surface area contributed by atoms with Crippen molar-refractivity contribution in [2.75, 3.05) is 26.9 Å². The molecule has 4 rings (SSSR count). The van der Waals surface area contributed by atoms with Gasteiger partial charge in [-0.2, -0.15) is 5.10 Å². The van der Waals surface area contributed by atoms with E-state index < -0.39 is 24.3 Å². The lowest BCUT2D eigenvalue weighted by Gasteiger charge is -2.28. The van der Waals surface area contributed by atoms with Crippen molar-refractivity contribution in [2.45, 2.75) is 46.1 Å². The zero-order chi connectivity index (χ0) is 35.3. The highest BCUT2D eigenvalue weighted by Gasteiger charge is 2.32. The van der Waals surface area contributed by atoms with Crippen LogP contribution < -0.4 is 35.0 Å². The fraction of sp³-hybridized carbons (Fsp3) is 0.306. The number of aliphatic hydroxyl groups excluding tert-OH is 1. The number of nitrogens with zero attached hydrogens (tertiary/aromatic N) is 1. The van der Waals surface area contributed by atoms with Crippen molar-refractivity contribution >= 4 is 29.8 Å². The average Bonchev–Trinajstić information content (AvgIpc) is 3.08. The highest BCUT2D eigenvalue weighted by molar-refractivity contribution is 6.30. The van der Waals surface area contributed by atoms with Crippen LogP contribution in [0.2, 0.25) is 5.02 Å². The van der Waals surface area contributed by atoms with E-state index >= 15 is 0 Å². The number of rotatable bonds is 17. The summed E-state index contributed by atoms with van der Waals surface area (Å²) in [5, 5.41) is 20.8. The molecule has 0 aromatic heterocycles. The zero-order valence-electron chi connectivity index (χ0n) is 27.9. The van der Waals surface area contributed by atoms with Crippen molar-refractivity contribution in [2.24, 2.45) is 5.10 Å². The quantitative estimate of drug-likeness (QED) is 0.0469. The van der Waals surface area contributed by atoms with E-state index in [-0.39, 0.29) is 12.2 Å². The van der Waals surface area contributed by atoms with Crippen LogP contribution in [-0.2, 0) is 22.6 Å². The van der Waals surface area contributed by atoms with Gasteiger partial charge in [0.15, 0.2) is 29.2 Å². The van der Waals surface area contributed by atoms with Crippen molar-refractivity contribution < 1.29 is 38.4 Å². The van der Waals surface area contributed by atoms with Crippen LogP contribution in [0.5, 0.6) is 23.0 Å². The maximum atomic E-state index is 12.5. The smallest absolute Gasteiger partial charge is 0.337 e. The highest BCUT2D eigenvalue weighted by atomic mass is 35.5. The summed E-state index contributed by atoms with van der Waals surface area (Å²) in [4.78, 5) is 24.7. The number of hydrogen-bond donors (Lipinski definition) is 4. The fourth-order valence-electron chi connectivity index (χ4n) is 5.05. The van der Waals surface area contributed by atoms with Crippen LogP contribution in [0.15, 0.2) is 83.6 Å². The first-order chi connectivity index (χ1) is 23.7. The van der Waals surface area contributed by atoms with Gasteiger partial charge < -0.3 is 39.4 Å². The van der Waals surface area contributed by atoms with Crippen LogP contribution in [0, 0.1) is 0 Å². The molecule has 12 nitrogen and oxygen atoms in total. The summed E-state index contributed by atoms with van der Waals surface area (Å²) in [5.41, 5.74) is 6.43. The Morgan fingerprint density at radius 3 is 2.47 bits per heavy atom. The van der Waals surface area contributed by atoms with E-state index in [2.05, 4.69) is 27.7 Å². The lowest BCUT2D eigenvalue weighted by molar-refractivity contribution is -0.136. The van der Waals surface area contributed by atoms with Crippen LogP contribution in [0.1, 0.15) is 49.1 Å². The molecule has 49 heavy (non-hydrogen) atoms. The third kappa shape index (κ3) is 9.91. The van der Waals surface area contributed by atoms with Crippen molar-refractivity contribution in [3.63, 3.8) is 0 Å². The summed E-state index contributed by atoms with van der Waals surface area (Å²) in [6, 6.07) is 14.9. The largest absolute Gasteiger partial charge is 0.490 e.